The van der Waals surface area contributed by atoms with Crippen molar-refractivity contribution < 1.29 is 20.1 Å². The Morgan fingerprint density at radius 1 is 1.35 bits per heavy atom. The van der Waals surface area contributed by atoms with Crippen LogP contribution in [0.4, 0.5) is 0 Å². The molecule has 1 saturated heterocycles. The molecule has 2 aliphatic rings. The molecule has 20 heavy (non-hydrogen) atoms. The lowest BCUT2D eigenvalue weighted by Gasteiger charge is -2.43. The zero-order chi connectivity index (χ0) is 15.1. The molecule has 0 amide bonds. The Kier molecular flexibility index (Phi) is 4.66. The first-order chi connectivity index (χ1) is 9.25. The van der Waals surface area contributed by atoms with E-state index in [0.717, 1.165) is 18.1 Å². The maximum Gasteiger partial charge on any atom is 0.162 e. The Morgan fingerprint density at radius 2 is 2.00 bits per heavy atom. The van der Waals surface area contributed by atoms with Gasteiger partial charge in [-0.05, 0) is 20.3 Å². The molecular formula is C13H24N2O4S. The summed E-state index contributed by atoms with van der Waals surface area (Å²) in [6.45, 7) is 6.10. The summed E-state index contributed by atoms with van der Waals surface area (Å²) in [5.74, 6) is 0. The number of hydrogen-bond acceptors (Lipinski definition) is 7. The summed E-state index contributed by atoms with van der Waals surface area (Å²) in [6, 6.07) is -0.483. The summed E-state index contributed by atoms with van der Waals surface area (Å²) in [5, 5.41) is 31.2. The average molecular weight is 304 g/mol. The van der Waals surface area contributed by atoms with Gasteiger partial charge >= 0.3 is 0 Å². The van der Waals surface area contributed by atoms with Gasteiger partial charge in [-0.15, -0.1) is 0 Å². The Balaban J connectivity index is 2.13. The van der Waals surface area contributed by atoms with E-state index in [2.05, 4.69) is 11.9 Å². The molecule has 0 radical (unpaired) electrons. The van der Waals surface area contributed by atoms with Crippen molar-refractivity contribution in [2.75, 3.05) is 13.6 Å². The van der Waals surface area contributed by atoms with E-state index in [1.165, 1.54) is 11.8 Å². The standard InChI is InChI=1S/C13H24N2O4S/c1-5-6-15(4)12-14-7-8(16)9(17)10(13(2,3)18)19-11(7)20-12/h7-11,16-18H,5-6H2,1-4H3/t7-,8-,9+,10+,11-/m1/s1. The third-order valence-corrected chi connectivity index (χ3v) is 4.88. The predicted octanol–water partition coefficient (Wildman–Crippen LogP) is 0.0172. The third-order valence-electron chi connectivity index (χ3n) is 3.63. The smallest absolute Gasteiger partial charge is 0.162 e. The van der Waals surface area contributed by atoms with Gasteiger partial charge in [-0.1, -0.05) is 18.7 Å². The molecule has 7 heteroatoms. The number of fused-ring (bicyclic) bond motifs is 1. The fraction of sp³-hybridized carbons (Fsp3) is 0.923. The van der Waals surface area contributed by atoms with Gasteiger partial charge in [0.05, 0.1) is 5.60 Å². The van der Waals surface area contributed by atoms with Crippen molar-refractivity contribution in [2.45, 2.75) is 62.6 Å². The molecule has 0 spiro atoms. The van der Waals surface area contributed by atoms with Gasteiger partial charge in [-0.25, -0.2) is 0 Å². The summed E-state index contributed by atoms with van der Waals surface area (Å²) >= 11 is 1.44. The molecule has 3 N–H and O–H groups in total. The van der Waals surface area contributed by atoms with Crippen LogP contribution < -0.4 is 0 Å². The second-order valence-corrected chi connectivity index (χ2v) is 7.07. The van der Waals surface area contributed by atoms with Gasteiger partial charge in [0.2, 0.25) is 0 Å². The van der Waals surface area contributed by atoms with Gasteiger partial charge < -0.3 is 25.0 Å². The van der Waals surface area contributed by atoms with Crippen molar-refractivity contribution in [3.63, 3.8) is 0 Å². The van der Waals surface area contributed by atoms with E-state index in [0.29, 0.717) is 0 Å². The number of thioether (sulfide) groups is 1. The van der Waals surface area contributed by atoms with Gasteiger partial charge in [-0.2, -0.15) is 0 Å². The van der Waals surface area contributed by atoms with E-state index in [1.807, 2.05) is 11.9 Å². The first kappa shape index (κ1) is 16.0. The highest BCUT2D eigenvalue weighted by Crippen LogP contribution is 2.39. The Morgan fingerprint density at radius 3 is 2.55 bits per heavy atom. The molecular weight excluding hydrogens is 280 g/mol. The maximum absolute atomic E-state index is 10.2. The summed E-state index contributed by atoms with van der Waals surface area (Å²) in [7, 11) is 1.95. The summed E-state index contributed by atoms with van der Waals surface area (Å²) in [4.78, 5) is 6.48. The first-order valence-corrected chi connectivity index (χ1v) is 7.83. The molecule has 2 rings (SSSR count). The average Bonchev–Trinajstić information content (AvgIpc) is 2.77. The molecule has 0 bridgehead atoms. The highest BCUT2D eigenvalue weighted by molar-refractivity contribution is 8.14. The molecule has 0 aromatic rings. The van der Waals surface area contributed by atoms with Crippen molar-refractivity contribution in [3.05, 3.63) is 0 Å². The molecule has 0 aromatic carbocycles. The number of aliphatic hydroxyl groups is 3. The lowest BCUT2D eigenvalue weighted by Crippen LogP contribution is -2.61. The van der Waals surface area contributed by atoms with Crippen molar-refractivity contribution in [1.29, 1.82) is 0 Å². The quantitative estimate of drug-likeness (QED) is 0.681. The van der Waals surface area contributed by atoms with Crippen molar-refractivity contribution in [2.24, 2.45) is 4.99 Å². The van der Waals surface area contributed by atoms with E-state index in [9.17, 15) is 15.3 Å². The summed E-state index contributed by atoms with van der Waals surface area (Å²) in [5.41, 5.74) is -1.58. The van der Waals surface area contributed by atoms with E-state index in [1.54, 1.807) is 13.8 Å². The van der Waals surface area contributed by atoms with Gasteiger partial charge in [-0.3, -0.25) is 4.99 Å². The van der Waals surface area contributed by atoms with Gasteiger partial charge in [0.25, 0.3) is 0 Å². The fourth-order valence-electron chi connectivity index (χ4n) is 2.55. The molecule has 1 fully saturated rings. The van der Waals surface area contributed by atoms with Crippen LogP contribution in [0.2, 0.25) is 0 Å². The Labute approximate surface area is 123 Å². The normalized spacial score (nSPS) is 37.5. The van der Waals surface area contributed by atoms with Crippen LogP contribution in [-0.2, 0) is 4.74 Å². The molecule has 116 valence electrons. The van der Waals surface area contributed by atoms with E-state index >= 15 is 0 Å². The van der Waals surface area contributed by atoms with Crippen molar-refractivity contribution in [1.82, 2.24) is 4.90 Å². The molecule has 0 saturated carbocycles. The largest absolute Gasteiger partial charge is 0.388 e. The minimum atomic E-state index is -1.22. The zero-order valence-electron chi connectivity index (χ0n) is 12.4. The molecule has 5 atom stereocenters. The highest BCUT2D eigenvalue weighted by atomic mass is 32.2. The second kappa shape index (κ2) is 5.81. The summed E-state index contributed by atoms with van der Waals surface area (Å²) < 4.78 is 5.78. The van der Waals surface area contributed by atoms with Crippen LogP contribution >= 0.6 is 11.8 Å². The van der Waals surface area contributed by atoms with E-state index < -0.39 is 30.0 Å². The number of amidine groups is 1. The lowest BCUT2D eigenvalue weighted by molar-refractivity contribution is -0.208. The van der Waals surface area contributed by atoms with Gasteiger partial charge in [0, 0.05) is 13.6 Å². The molecule has 0 unspecified atom stereocenters. The molecule has 6 nitrogen and oxygen atoms in total. The Hall–Kier alpha value is -0.340. The number of aliphatic imine (C=N–C) groups is 1. The minimum absolute atomic E-state index is 0.362. The van der Waals surface area contributed by atoms with Crippen LogP contribution in [0.3, 0.4) is 0 Å². The number of nitrogens with zero attached hydrogens (tertiary/aromatic N) is 2. The highest BCUT2D eigenvalue weighted by Gasteiger charge is 2.52. The second-order valence-electron chi connectivity index (χ2n) is 6.00. The fourth-order valence-corrected chi connectivity index (χ4v) is 3.75. The molecule has 2 heterocycles. The first-order valence-electron chi connectivity index (χ1n) is 6.95. The molecule has 2 aliphatic heterocycles. The third kappa shape index (κ3) is 2.96. The van der Waals surface area contributed by atoms with Crippen LogP contribution in [0.15, 0.2) is 4.99 Å². The van der Waals surface area contributed by atoms with E-state index in [4.69, 9.17) is 4.74 Å². The number of hydrogen-bond donors (Lipinski definition) is 3. The van der Waals surface area contributed by atoms with Gasteiger partial charge in [0.15, 0.2) is 5.17 Å². The van der Waals surface area contributed by atoms with Crippen molar-refractivity contribution >= 4 is 16.9 Å². The number of rotatable bonds is 3. The van der Waals surface area contributed by atoms with Crippen LogP contribution in [0, 0.1) is 0 Å². The molecule has 0 aromatic heterocycles. The zero-order valence-corrected chi connectivity index (χ0v) is 13.2. The maximum atomic E-state index is 10.2. The lowest BCUT2D eigenvalue weighted by atomic mass is 9.89. The van der Waals surface area contributed by atoms with Gasteiger partial charge in [0.1, 0.15) is 29.8 Å². The topological polar surface area (TPSA) is 85.5 Å². The monoisotopic (exact) mass is 304 g/mol. The van der Waals surface area contributed by atoms with Crippen LogP contribution in [-0.4, -0.2) is 74.4 Å². The predicted molar refractivity (Wildman–Crippen MR) is 78.7 cm³/mol. The van der Waals surface area contributed by atoms with Crippen molar-refractivity contribution in [3.8, 4) is 0 Å². The SMILES string of the molecule is CCCN(C)C1=N[C@@H]2[C@@H](O)[C@H](O)[C@@H](C(C)(C)O)O[C@@H]2S1. The van der Waals surface area contributed by atoms with Crippen LogP contribution in [0.25, 0.3) is 0 Å². The van der Waals surface area contributed by atoms with Crippen LogP contribution in [0.1, 0.15) is 27.2 Å². The number of ether oxygens (including phenoxy) is 1. The Bertz CT molecular complexity index is 385. The van der Waals surface area contributed by atoms with E-state index in [-0.39, 0.29) is 5.44 Å². The number of aliphatic hydroxyl groups excluding tert-OH is 2. The minimum Gasteiger partial charge on any atom is -0.388 e. The van der Waals surface area contributed by atoms with Crippen LogP contribution in [0.5, 0.6) is 0 Å². The molecule has 0 aliphatic carbocycles. The summed E-state index contributed by atoms with van der Waals surface area (Å²) in [6.07, 6.45) is -1.98.